The molecule has 0 bridgehead atoms. The minimum atomic E-state index is 0.426. The van der Waals surface area contributed by atoms with Gasteiger partial charge >= 0.3 is 0 Å². The van der Waals surface area contributed by atoms with Gasteiger partial charge in [0.05, 0.1) is 11.5 Å². The van der Waals surface area contributed by atoms with Gasteiger partial charge < -0.3 is 10.1 Å². The van der Waals surface area contributed by atoms with Crippen molar-refractivity contribution >= 4 is 27.4 Å². The topological polar surface area (TPSA) is 59.9 Å². The summed E-state index contributed by atoms with van der Waals surface area (Å²) in [7, 11) is 0. The Kier molecular flexibility index (Phi) is 4.08. The second-order valence-electron chi connectivity index (χ2n) is 8.22. The second-order valence-corrected chi connectivity index (χ2v) is 9.30. The Labute approximate surface area is 168 Å². The van der Waals surface area contributed by atoms with Gasteiger partial charge in [0.25, 0.3) is 0 Å². The standard InChI is InChI=1S/C22H24N4OS/c1-5-15-18(8-1)28-22-19(15)21(25-20(26-22)13-4-3-10-23-12-13)24-16-6-2-7-17-14(16)9-11-27-17/h3-4,10,12,14,16-17H,1-2,5-9,11H2,(H,24,25,26). The third kappa shape index (κ3) is 2.73. The monoisotopic (exact) mass is 392 g/mol. The second kappa shape index (κ2) is 6.78. The number of thiophene rings is 1. The van der Waals surface area contributed by atoms with Gasteiger partial charge in [-0.15, -0.1) is 11.3 Å². The summed E-state index contributed by atoms with van der Waals surface area (Å²) in [6, 6.07) is 4.44. The molecule has 144 valence electrons. The van der Waals surface area contributed by atoms with Crippen molar-refractivity contribution in [3.63, 3.8) is 0 Å². The summed E-state index contributed by atoms with van der Waals surface area (Å²) in [4.78, 5) is 16.9. The number of hydrogen-bond acceptors (Lipinski definition) is 6. The van der Waals surface area contributed by atoms with E-state index in [4.69, 9.17) is 14.7 Å². The van der Waals surface area contributed by atoms with Crippen LogP contribution in [0, 0.1) is 5.92 Å². The lowest BCUT2D eigenvalue weighted by molar-refractivity contribution is 0.0620. The minimum absolute atomic E-state index is 0.426. The highest BCUT2D eigenvalue weighted by Gasteiger charge is 2.38. The predicted molar refractivity (Wildman–Crippen MR) is 112 cm³/mol. The fraction of sp³-hybridized carbons (Fsp3) is 0.500. The number of pyridine rings is 1. The minimum Gasteiger partial charge on any atom is -0.378 e. The third-order valence-electron chi connectivity index (χ3n) is 6.59. The summed E-state index contributed by atoms with van der Waals surface area (Å²) in [5.74, 6) is 2.41. The van der Waals surface area contributed by atoms with Crippen molar-refractivity contribution in [1.29, 1.82) is 0 Å². The van der Waals surface area contributed by atoms with Crippen LogP contribution in [0.1, 0.15) is 42.5 Å². The van der Waals surface area contributed by atoms with Crippen LogP contribution in [0.25, 0.3) is 21.6 Å². The van der Waals surface area contributed by atoms with Gasteiger partial charge in [0, 0.05) is 41.4 Å². The van der Waals surface area contributed by atoms with Crippen LogP contribution in [-0.4, -0.2) is 33.7 Å². The van der Waals surface area contributed by atoms with Crippen molar-refractivity contribution in [1.82, 2.24) is 15.0 Å². The molecule has 0 amide bonds. The molecule has 3 atom stereocenters. The molecule has 1 aliphatic heterocycles. The molecule has 6 rings (SSSR count). The molecule has 1 N–H and O–H groups in total. The Hall–Kier alpha value is -2.05. The summed E-state index contributed by atoms with van der Waals surface area (Å²) in [5, 5.41) is 5.15. The van der Waals surface area contributed by atoms with Crippen molar-refractivity contribution in [3.05, 3.63) is 35.0 Å². The van der Waals surface area contributed by atoms with E-state index in [1.54, 1.807) is 6.20 Å². The van der Waals surface area contributed by atoms with Gasteiger partial charge in [0.2, 0.25) is 0 Å². The maximum absolute atomic E-state index is 5.99. The first kappa shape index (κ1) is 16.9. The summed E-state index contributed by atoms with van der Waals surface area (Å²) < 4.78 is 5.99. The third-order valence-corrected chi connectivity index (χ3v) is 7.77. The van der Waals surface area contributed by atoms with Crippen LogP contribution in [0.2, 0.25) is 0 Å². The number of nitrogens with one attached hydrogen (secondary N) is 1. The molecule has 1 saturated heterocycles. The van der Waals surface area contributed by atoms with Crippen molar-refractivity contribution < 1.29 is 4.74 Å². The average molecular weight is 393 g/mol. The summed E-state index contributed by atoms with van der Waals surface area (Å²) >= 11 is 1.85. The highest BCUT2D eigenvalue weighted by Crippen LogP contribution is 2.42. The predicted octanol–water partition coefficient (Wildman–Crippen LogP) is 4.61. The largest absolute Gasteiger partial charge is 0.378 e. The summed E-state index contributed by atoms with van der Waals surface area (Å²) in [6.07, 6.45) is 12.5. The van der Waals surface area contributed by atoms with Crippen LogP contribution in [0.4, 0.5) is 5.82 Å². The number of aryl methyl sites for hydroxylation is 2. The van der Waals surface area contributed by atoms with E-state index in [0.29, 0.717) is 18.1 Å². The van der Waals surface area contributed by atoms with Crippen LogP contribution in [-0.2, 0) is 17.6 Å². The zero-order valence-electron chi connectivity index (χ0n) is 15.9. The van der Waals surface area contributed by atoms with E-state index in [9.17, 15) is 0 Å². The van der Waals surface area contributed by atoms with E-state index < -0.39 is 0 Å². The van der Waals surface area contributed by atoms with E-state index in [1.807, 2.05) is 29.7 Å². The molecule has 3 aromatic heterocycles. The van der Waals surface area contributed by atoms with Crippen molar-refractivity contribution in [2.24, 2.45) is 5.92 Å². The molecular weight excluding hydrogens is 368 g/mol. The number of aromatic nitrogens is 3. The van der Waals surface area contributed by atoms with E-state index in [0.717, 1.165) is 41.5 Å². The van der Waals surface area contributed by atoms with Gasteiger partial charge in [0.15, 0.2) is 5.82 Å². The van der Waals surface area contributed by atoms with E-state index >= 15 is 0 Å². The Bertz CT molecular complexity index is 1020. The number of nitrogens with zero attached hydrogens (tertiary/aromatic N) is 3. The lowest BCUT2D eigenvalue weighted by Crippen LogP contribution is -2.38. The lowest BCUT2D eigenvalue weighted by Gasteiger charge is -2.33. The molecule has 3 unspecified atom stereocenters. The SMILES string of the molecule is c1cncc(-c2nc(NC3CCCC4OCCC34)c3c4c(sc3n2)CCC4)c1. The Morgan fingerprint density at radius 3 is 3.04 bits per heavy atom. The van der Waals surface area contributed by atoms with Gasteiger partial charge in [-0.2, -0.15) is 0 Å². The maximum Gasteiger partial charge on any atom is 0.164 e. The van der Waals surface area contributed by atoms with E-state index in [-0.39, 0.29) is 0 Å². The van der Waals surface area contributed by atoms with Gasteiger partial charge in [0.1, 0.15) is 10.6 Å². The quantitative estimate of drug-likeness (QED) is 0.705. The molecule has 28 heavy (non-hydrogen) atoms. The van der Waals surface area contributed by atoms with Crippen molar-refractivity contribution in [2.75, 3.05) is 11.9 Å². The fourth-order valence-corrected chi connectivity index (χ4v) is 6.52. The number of rotatable bonds is 3. The summed E-state index contributed by atoms with van der Waals surface area (Å²) in [6.45, 7) is 0.904. The average Bonchev–Trinajstić information content (AvgIpc) is 3.44. The maximum atomic E-state index is 5.99. The molecule has 5 nitrogen and oxygen atoms in total. The number of ether oxygens (including phenoxy) is 1. The smallest absolute Gasteiger partial charge is 0.164 e. The van der Waals surface area contributed by atoms with Crippen molar-refractivity contribution in [2.45, 2.75) is 57.1 Å². The number of fused-ring (bicyclic) bond motifs is 4. The van der Waals surface area contributed by atoms with Crippen LogP contribution < -0.4 is 5.32 Å². The molecule has 3 aromatic rings. The van der Waals surface area contributed by atoms with Crippen LogP contribution in [0.15, 0.2) is 24.5 Å². The molecule has 0 spiro atoms. The molecule has 4 heterocycles. The Morgan fingerprint density at radius 1 is 1.11 bits per heavy atom. The first-order valence-corrected chi connectivity index (χ1v) is 11.3. The first-order valence-electron chi connectivity index (χ1n) is 10.5. The van der Waals surface area contributed by atoms with E-state index in [2.05, 4.69) is 10.3 Å². The zero-order chi connectivity index (χ0) is 18.5. The normalized spacial score (nSPS) is 26.4. The van der Waals surface area contributed by atoms with Gasteiger partial charge in [-0.3, -0.25) is 4.98 Å². The zero-order valence-corrected chi connectivity index (χ0v) is 16.7. The van der Waals surface area contributed by atoms with Gasteiger partial charge in [-0.25, -0.2) is 9.97 Å². The first-order chi connectivity index (χ1) is 13.9. The van der Waals surface area contributed by atoms with Gasteiger partial charge in [-0.1, -0.05) is 0 Å². The van der Waals surface area contributed by atoms with Crippen LogP contribution in [0.5, 0.6) is 0 Å². The highest BCUT2D eigenvalue weighted by atomic mass is 32.1. The van der Waals surface area contributed by atoms with Crippen LogP contribution in [0.3, 0.4) is 0 Å². The molecule has 3 aliphatic rings. The molecular formula is C22H24N4OS. The highest BCUT2D eigenvalue weighted by molar-refractivity contribution is 7.19. The van der Waals surface area contributed by atoms with Crippen molar-refractivity contribution in [3.8, 4) is 11.4 Å². The Morgan fingerprint density at radius 2 is 2.11 bits per heavy atom. The lowest BCUT2D eigenvalue weighted by atomic mass is 9.82. The number of hydrogen-bond donors (Lipinski definition) is 1. The molecule has 0 aromatic carbocycles. The van der Waals surface area contributed by atoms with Gasteiger partial charge in [-0.05, 0) is 62.6 Å². The van der Waals surface area contributed by atoms with Crippen LogP contribution >= 0.6 is 11.3 Å². The number of anilines is 1. The Balaban J connectivity index is 1.46. The summed E-state index contributed by atoms with van der Waals surface area (Å²) in [5.41, 5.74) is 2.46. The molecule has 2 fully saturated rings. The molecule has 1 saturated carbocycles. The molecule has 0 radical (unpaired) electrons. The van der Waals surface area contributed by atoms with E-state index in [1.165, 1.54) is 47.9 Å². The molecule has 6 heteroatoms. The fourth-order valence-electron chi connectivity index (χ4n) is 5.25. The molecule has 2 aliphatic carbocycles.